The van der Waals surface area contributed by atoms with Crippen LogP contribution in [0.25, 0.3) is 10.6 Å². The number of rotatable bonds is 6. The molecule has 30 heavy (non-hydrogen) atoms. The van der Waals surface area contributed by atoms with Crippen molar-refractivity contribution in [3.05, 3.63) is 57.2 Å². The van der Waals surface area contributed by atoms with Gasteiger partial charge in [0.2, 0.25) is 5.91 Å². The lowest BCUT2D eigenvalue weighted by Crippen LogP contribution is -2.40. The number of aromatic amines is 1. The van der Waals surface area contributed by atoms with Crippen molar-refractivity contribution in [2.45, 2.75) is 52.0 Å². The van der Waals surface area contributed by atoms with Crippen LogP contribution < -0.4 is 5.56 Å². The predicted molar refractivity (Wildman–Crippen MR) is 118 cm³/mol. The number of carbonyl (C=O) groups excluding carboxylic acids is 1. The molecule has 1 unspecified atom stereocenters. The molecular formula is C22H27N5O2S. The van der Waals surface area contributed by atoms with Crippen LogP contribution >= 0.6 is 11.3 Å². The number of thiophene rings is 1. The van der Waals surface area contributed by atoms with E-state index in [-0.39, 0.29) is 17.4 Å². The number of nitrogens with one attached hydrogen (secondary N) is 1. The van der Waals surface area contributed by atoms with Crippen molar-refractivity contribution >= 4 is 17.2 Å². The van der Waals surface area contributed by atoms with Crippen LogP contribution in [0.4, 0.5) is 0 Å². The van der Waals surface area contributed by atoms with Gasteiger partial charge in [0.25, 0.3) is 5.56 Å². The first-order valence-electron chi connectivity index (χ1n) is 10.5. The number of likely N-dealkylation sites (tertiary alicyclic amines) is 1. The number of hydrogen-bond acceptors (Lipinski definition) is 5. The molecule has 1 aliphatic rings. The Labute approximate surface area is 179 Å². The van der Waals surface area contributed by atoms with Gasteiger partial charge in [0, 0.05) is 44.2 Å². The van der Waals surface area contributed by atoms with Gasteiger partial charge in [0.05, 0.1) is 16.3 Å². The number of aromatic nitrogens is 4. The fourth-order valence-corrected chi connectivity index (χ4v) is 4.70. The van der Waals surface area contributed by atoms with E-state index in [0.29, 0.717) is 30.9 Å². The second-order valence-corrected chi connectivity index (χ2v) is 8.72. The number of nitrogens with zero attached hydrogens (tertiary/aromatic N) is 4. The Kier molecular flexibility index (Phi) is 6.13. The summed E-state index contributed by atoms with van der Waals surface area (Å²) < 4.78 is 1.91. The minimum atomic E-state index is -0.143. The van der Waals surface area contributed by atoms with Crippen LogP contribution in [0, 0.1) is 6.92 Å². The summed E-state index contributed by atoms with van der Waals surface area (Å²) in [5, 5.41) is 6.44. The topological polar surface area (TPSA) is 83.9 Å². The molecule has 1 amide bonds. The predicted octanol–water partition coefficient (Wildman–Crippen LogP) is 3.36. The van der Waals surface area contributed by atoms with Crippen LogP contribution in [-0.4, -0.2) is 43.6 Å². The summed E-state index contributed by atoms with van der Waals surface area (Å²) in [7, 11) is 0. The van der Waals surface area contributed by atoms with Crippen molar-refractivity contribution in [2.24, 2.45) is 0 Å². The SMILES string of the molecule is CCn1cc(CCC(=O)N2CCCC(c3nc(-c4cccs4)cc(=O)[nH]3)C2)c(C)n1. The molecule has 0 radical (unpaired) electrons. The molecule has 1 fully saturated rings. The summed E-state index contributed by atoms with van der Waals surface area (Å²) in [5.74, 6) is 0.892. The Bertz CT molecular complexity index is 1070. The maximum atomic E-state index is 12.9. The van der Waals surface area contributed by atoms with Gasteiger partial charge < -0.3 is 9.88 Å². The Morgan fingerprint density at radius 3 is 3.00 bits per heavy atom. The van der Waals surface area contributed by atoms with Gasteiger partial charge in [0.1, 0.15) is 5.82 Å². The van der Waals surface area contributed by atoms with Crippen LogP contribution in [0.2, 0.25) is 0 Å². The minimum Gasteiger partial charge on any atom is -0.342 e. The summed E-state index contributed by atoms with van der Waals surface area (Å²) in [4.78, 5) is 35.6. The smallest absolute Gasteiger partial charge is 0.251 e. The van der Waals surface area contributed by atoms with E-state index in [2.05, 4.69) is 17.0 Å². The van der Waals surface area contributed by atoms with Crippen molar-refractivity contribution in [3.8, 4) is 10.6 Å². The first-order chi connectivity index (χ1) is 14.5. The van der Waals surface area contributed by atoms with E-state index in [1.165, 1.54) is 0 Å². The molecule has 0 spiro atoms. The average molecular weight is 426 g/mol. The highest BCUT2D eigenvalue weighted by molar-refractivity contribution is 7.13. The highest BCUT2D eigenvalue weighted by atomic mass is 32.1. The van der Waals surface area contributed by atoms with E-state index in [1.54, 1.807) is 17.4 Å². The number of carbonyl (C=O) groups is 1. The van der Waals surface area contributed by atoms with Crippen LogP contribution in [0.1, 0.15) is 49.2 Å². The summed E-state index contributed by atoms with van der Waals surface area (Å²) in [6, 6.07) is 5.46. The molecule has 0 bridgehead atoms. The molecule has 3 aromatic heterocycles. The van der Waals surface area contributed by atoms with E-state index in [9.17, 15) is 9.59 Å². The second kappa shape index (κ2) is 8.95. The average Bonchev–Trinajstić information content (AvgIpc) is 3.41. The third-order valence-electron chi connectivity index (χ3n) is 5.67. The summed E-state index contributed by atoms with van der Waals surface area (Å²) in [5.41, 5.74) is 2.69. The molecule has 3 aromatic rings. The molecule has 0 saturated carbocycles. The van der Waals surface area contributed by atoms with Gasteiger partial charge in [-0.05, 0) is 50.1 Å². The normalized spacial score (nSPS) is 16.7. The molecule has 1 N–H and O–H groups in total. The first-order valence-corrected chi connectivity index (χ1v) is 11.4. The van der Waals surface area contributed by atoms with Gasteiger partial charge in [-0.2, -0.15) is 5.10 Å². The Morgan fingerprint density at radius 2 is 2.27 bits per heavy atom. The maximum absolute atomic E-state index is 12.9. The fourth-order valence-electron chi connectivity index (χ4n) is 4.01. The first kappa shape index (κ1) is 20.5. The van der Waals surface area contributed by atoms with Crippen LogP contribution in [-0.2, 0) is 17.8 Å². The molecule has 1 atom stereocenters. The number of amides is 1. The van der Waals surface area contributed by atoms with Gasteiger partial charge in [-0.25, -0.2) is 4.98 Å². The third-order valence-corrected chi connectivity index (χ3v) is 6.57. The van der Waals surface area contributed by atoms with Gasteiger partial charge in [-0.1, -0.05) is 6.07 Å². The molecule has 7 nitrogen and oxygen atoms in total. The quantitative estimate of drug-likeness (QED) is 0.656. The van der Waals surface area contributed by atoms with Crippen LogP contribution in [0.3, 0.4) is 0 Å². The van der Waals surface area contributed by atoms with Crippen LogP contribution in [0.15, 0.2) is 34.6 Å². The standard InChI is InChI=1S/C22H27N5O2S/c1-3-27-14-16(15(2)25-27)8-9-21(29)26-10-4-6-17(13-26)22-23-18(12-20(28)24-22)19-7-5-11-30-19/h5,7,11-12,14,17H,3-4,6,8-10,13H2,1-2H3,(H,23,24,28). The van der Waals surface area contributed by atoms with E-state index in [1.807, 2.05) is 40.2 Å². The van der Waals surface area contributed by atoms with Crippen molar-refractivity contribution in [1.29, 1.82) is 0 Å². The summed E-state index contributed by atoms with van der Waals surface area (Å²) >= 11 is 1.57. The second-order valence-electron chi connectivity index (χ2n) is 7.77. The van der Waals surface area contributed by atoms with Crippen molar-refractivity contribution in [2.75, 3.05) is 13.1 Å². The molecule has 0 aliphatic carbocycles. The number of aryl methyl sites for hydroxylation is 3. The van der Waals surface area contributed by atoms with E-state index in [4.69, 9.17) is 4.98 Å². The summed E-state index contributed by atoms with van der Waals surface area (Å²) in [6.07, 6.45) is 5.04. The van der Waals surface area contributed by atoms with Crippen molar-refractivity contribution in [1.82, 2.24) is 24.6 Å². The van der Waals surface area contributed by atoms with E-state index in [0.717, 1.165) is 42.1 Å². The number of hydrogen-bond donors (Lipinski definition) is 1. The van der Waals surface area contributed by atoms with Gasteiger partial charge >= 0.3 is 0 Å². The molecule has 8 heteroatoms. The zero-order valence-corrected chi connectivity index (χ0v) is 18.2. The Balaban J connectivity index is 1.43. The monoisotopic (exact) mass is 425 g/mol. The lowest BCUT2D eigenvalue weighted by atomic mass is 9.96. The largest absolute Gasteiger partial charge is 0.342 e. The Hall–Kier alpha value is -2.74. The maximum Gasteiger partial charge on any atom is 0.251 e. The lowest BCUT2D eigenvalue weighted by Gasteiger charge is -2.32. The zero-order valence-electron chi connectivity index (χ0n) is 17.4. The van der Waals surface area contributed by atoms with E-state index < -0.39 is 0 Å². The van der Waals surface area contributed by atoms with Gasteiger partial charge in [-0.15, -0.1) is 11.3 Å². The highest BCUT2D eigenvalue weighted by Crippen LogP contribution is 2.27. The minimum absolute atomic E-state index is 0.0555. The van der Waals surface area contributed by atoms with Crippen molar-refractivity contribution in [3.63, 3.8) is 0 Å². The molecule has 1 aliphatic heterocycles. The molecule has 0 aromatic carbocycles. The van der Waals surface area contributed by atoms with Crippen molar-refractivity contribution < 1.29 is 4.79 Å². The molecule has 158 valence electrons. The number of H-pyrrole nitrogens is 1. The van der Waals surface area contributed by atoms with E-state index >= 15 is 0 Å². The summed E-state index contributed by atoms with van der Waals surface area (Å²) in [6.45, 7) is 6.24. The molecule has 4 rings (SSSR count). The number of piperidine rings is 1. The van der Waals surface area contributed by atoms with Gasteiger partial charge in [-0.3, -0.25) is 14.3 Å². The third kappa shape index (κ3) is 4.53. The highest BCUT2D eigenvalue weighted by Gasteiger charge is 2.26. The lowest BCUT2D eigenvalue weighted by molar-refractivity contribution is -0.132. The zero-order chi connectivity index (χ0) is 21.1. The fraction of sp³-hybridized carbons (Fsp3) is 0.455. The molecular weight excluding hydrogens is 398 g/mol. The molecule has 1 saturated heterocycles. The van der Waals surface area contributed by atoms with Crippen LogP contribution in [0.5, 0.6) is 0 Å². The molecule has 4 heterocycles. The Morgan fingerprint density at radius 1 is 1.40 bits per heavy atom. The van der Waals surface area contributed by atoms with Gasteiger partial charge in [0.15, 0.2) is 0 Å².